The molecule has 0 spiro atoms. The van der Waals surface area contributed by atoms with E-state index >= 15 is 0 Å². The largest absolute Gasteiger partial charge is 0.497 e. The number of sulfone groups is 1. The summed E-state index contributed by atoms with van der Waals surface area (Å²) in [7, 11) is -0.889. The molecule has 11 heteroatoms. The van der Waals surface area contributed by atoms with Gasteiger partial charge in [0.25, 0.3) is 5.91 Å². The number of anilines is 1. The molecule has 1 aliphatic carbocycles. The third-order valence-corrected chi connectivity index (χ3v) is 8.61. The van der Waals surface area contributed by atoms with Crippen molar-refractivity contribution in [2.75, 3.05) is 25.3 Å². The van der Waals surface area contributed by atoms with Crippen molar-refractivity contribution < 1.29 is 32.3 Å². The highest BCUT2D eigenvalue weighted by atomic mass is 32.2. The molecule has 34 heavy (non-hydrogen) atoms. The van der Waals surface area contributed by atoms with E-state index in [9.17, 15) is 22.8 Å². The molecule has 0 saturated heterocycles. The molecule has 0 saturated carbocycles. The summed E-state index contributed by atoms with van der Waals surface area (Å²) in [5, 5.41) is 5.28. The molecule has 2 N–H and O–H groups in total. The molecule has 2 aromatic rings. The highest BCUT2D eigenvalue weighted by molar-refractivity contribution is 7.91. The number of nitrogens with one attached hydrogen (secondary N) is 2. The molecule has 3 rings (SSSR count). The first-order valence-corrected chi connectivity index (χ1v) is 13.3. The van der Waals surface area contributed by atoms with Gasteiger partial charge in [-0.25, -0.2) is 13.2 Å². The van der Waals surface area contributed by atoms with Gasteiger partial charge in [0.15, 0.2) is 9.84 Å². The van der Waals surface area contributed by atoms with Crippen molar-refractivity contribution in [3.05, 3.63) is 40.3 Å². The average molecular weight is 509 g/mol. The molecule has 184 valence electrons. The van der Waals surface area contributed by atoms with Crippen molar-refractivity contribution in [2.24, 2.45) is 5.92 Å². The number of thiophene rings is 1. The maximum Gasteiger partial charge on any atom is 0.413 e. The number of amides is 3. The minimum Gasteiger partial charge on any atom is -0.497 e. The lowest BCUT2D eigenvalue weighted by Gasteiger charge is -2.18. The van der Waals surface area contributed by atoms with Gasteiger partial charge < -0.3 is 14.8 Å². The van der Waals surface area contributed by atoms with E-state index in [0.717, 1.165) is 30.4 Å². The highest BCUT2D eigenvalue weighted by Gasteiger charge is 2.29. The smallest absolute Gasteiger partial charge is 0.413 e. The zero-order chi connectivity index (χ0) is 24.9. The van der Waals surface area contributed by atoms with Crippen molar-refractivity contribution in [3.8, 4) is 5.75 Å². The first kappa shape index (κ1) is 25.7. The molecule has 1 aliphatic rings. The van der Waals surface area contributed by atoms with Gasteiger partial charge in [-0.3, -0.25) is 14.9 Å². The van der Waals surface area contributed by atoms with Crippen LogP contribution in [0, 0.1) is 5.92 Å². The molecular formula is C23H28N2O7S2. The summed E-state index contributed by atoms with van der Waals surface area (Å²) in [4.78, 5) is 38.1. The third-order valence-electron chi connectivity index (χ3n) is 5.63. The Morgan fingerprint density at radius 1 is 1.15 bits per heavy atom. The number of hydrogen-bond acceptors (Lipinski definition) is 8. The van der Waals surface area contributed by atoms with E-state index in [0.29, 0.717) is 23.1 Å². The first-order valence-electron chi connectivity index (χ1n) is 10.8. The van der Waals surface area contributed by atoms with Crippen LogP contribution in [0.1, 0.15) is 47.0 Å². The van der Waals surface area contributed by atoms with Crippen LogP contribution in [0.5, 0.6) is 5.75 Å². The van der Waals surface area contributed by atoms with Crippen molar-refractivity contribution in [1.29, 1.82) is 0 Å². The average Bonchev–Trinajstić information content (AvgIpc) is 3.15. The van der Waals surface area contributed by atoms with Crippen LogP contribution in [0.3, 0.4) is 0 Å². The molecular weight excluding hydrogens is 480 g/mol. The van der Waals surface area contributed by atoms with Crippen LogP contribution in [0.4, 0.5) is 9.80 Å². The molecule has 1 aromatic carbocycles. The van der Waals surface area contributed by atoms with Gasteiger partial charge in [0.2, 0.25) is 5.91 Å². The quantitative estimate of drug-likeness (QED) is 0.558. The Hall–Kier alpha value is -2.92. The fraction of sp³-hybridized carbons (Fsp3) is 0.435. The van der Waals surface area contributed by atoms with Gasteiger partial charge in [0.1, 0.15) is 10.8 Å². The number of rotatable bonds is 8. The number of benzene rings is 1. The molecule has 1 aromatic heterocycles. The number of ether oxygens (including phenoxy) is 2. The van der Waals surface area contributed by atoms with Crippen LogP contribution in [-0.2, 0) is 32.2 Å². The van der Waals surface area contributed by atoms with E-state index in [4.69, 9.17) is 4.74 Å². The molecule has 0 radical (unpaired) electrons. The Morgan fingerprint density at radius 3 is 2.50 bits per heavy atom. The SMILES string of the molecule is COC(=O)NC(=O)c1c(NC(=O)CCCS(=O)(=O)c2ccc(OC)cc2)sc2c1CCC(C)C2. The van der Waals surface area contributed by atoms with Gasteiger partial charge in [-0.2, -0.15) is 0 Å². The lowest BCUT2D eigenvalue weighted by atomic mass is 9.88. The number of carbonyl (C=O) groups is 3. The number of fused-ring (bicyclic) bond motifs is 1. The van der Waals surface area contributed by atoms with Gasteiger partial charge in [0.05, 0.1) is 30.4 Å². The number of imide groups is 1. The monoisotopic (exact) mass is 508 g/mol. The van der Waals surface area contributed by atoms with Gasteiger partial charge in [-0.05, 0) is 61.4 Å². The van der Waals surface area contributed by atoms with E-state index in [1.54, 1.807) is 12.1 Å². The van der Waals surface area contributed by atoms with Crippen LogP contribution in [-0.4, -0.2) is 46.3 Å². The molecule has 3 amide bonds. The van der Waals surface area contributed by atoms with Gasteiger partial charge in [-0.15, -0.1) is 11.3 Å². The van der Waals surface area contributed by atoms with Crippen molar-refractivity contribution in [1.82, 2.24) is 5.32 Å². The lowest BCUT2D eigenvalue weighted by molar-refractivity contribution is -0.116. The summed E-state index contributed by atoms with van der Waals surface area (Å²) < 4.78 is 34.6. The van der Waals surface area contributed by atoms with Gasteiger partial charge >= 0.3 is 6.09 Å². The summed E-state index contributed by atoms with van der Waals surface area (Å²) in [6.45, 7) is 2.12. The summed E-state index contributed by atoms with van der Waals surface area (Å²) in [6, 6.07) is 6.08. The number of hydrogen-bond donors (Lipinski definition) is 2. The number of carbonyl (C=O) groups excluding carboxylic acids is 3. The molecule has 9 nitrogen and oxygen atoms in total. The first-order chi connectivity index (χ1) is 16.1. The van der Waals surface area contributed by atoms with E-state index in [1.807, 2.05) is 0 Å². The Kier molecular flexibility index (Phi) is 8.32. The number of methoxy groups -OCH3 is 2. The molecule has 1 atom stereocenters. The standard InChI is InChI=1S/C23H28N2O7S2/c1-14-6-11-17-18(13-14)33-22(20(17)21(27)25-23(28)32-3)24-19(26)5-4-12-34(29,30)16-9-7-15(31-2)8-10-16/h7-10,14H,4-6,11-13H2,1-3H3,(H,24,26)(H,25,27,28). The summed E-state index contributed by atoms with van der Waals surface area (Å²) in [6.07, 6.45) is 1.56. The summed E-state index contributed by atoms with van der Waals surface area (Å²) in [5.74, 6) is -0.214. The second-order valence-corrected chi connectivity index (χ2v) is 11.4. The van der Waals surface area contributed by atoms with E-state index < -0.39 is 27.7 Å². The summed E-state index contributed by atoms with van der Waals surface area (Å²) >= 11 is 1.32. The highest BCUT2D eigenvalue weighted by Crippen LogP contribution is 2.39. The topological polar surface area (TPSA) is 128 Å². The molecule has 0 bridgehead atoms. The van der Waals surface area contributed by atoms with Gasteiger partial charge in [-0.1, -0.05) is 6.92 Å². The zero-order valence-electron chi connectivity index (χ0n) is 19.3. The number of alkyl carbamates (subject to hydrolysis) is 1. The third kappa shape index (κ3) is 6.15. The Labute approximate surface area is 202 Å². The minimum atomic E-state index is -3.55. The van der Waals surface area contributed by atoms with E-state index in [2.05, 4.69) is 22.3 Å². The van der Waals surface area contributed by atoms with Crippen LogP contribution in [0.25, 0.3) is 0 Å². The molecule has 1 heterocycles. The fourth-order valence-electron chi connectivity index (χ4n) is 3.80. The molecule has 1 unspecified atom stereocenters. The summed E-state index contributed by atoms with van der Waals surface area (Å²) in [5.41, 5.74) is 1.11. The van der Waals surface area contributed by atoms with Crippen molar-refractivity contribution >= 4 is 44.1 Å². The molecule has 0 fully saturated rings. The normalized spacial score (nSPS) is 15.2. The second-order valence-electron chi connectivity index (χ2n) is 8.15. The lowest BCUT2D eigenvalue weighted by Crippen LogP contribution is -2.31. The maximum atomic E-state index is 12.7. The minimum absolute atomic E-state index is 0.0353. The Bertz CT molecular complexity index is 1170. The molecule has 0 aliphatic heterocycles. The zero-order valence-corrected chi connectivity index (χ0v) is 20.9. The van der Waals surface area contributed by atoms with Crippen molar-refractivity contribution in [2.45, 2.75) is 43.9 Å². The van der Waals surface area contributed by atoms with E-state index in [-0.39, 0.29) is 29.1 Å². The van der Waals surface area contributed by atoms with Crippen molar-refractivity contribution in [3.63, 3.8) is 0 Å². The van der Waals surface area contributed by atoms with Crippen LogP contribution >= 0.6 is 11.3 Å². The van der Waals surface area contributed by atoms with Crippen LogP contribution in [0.15, 0.2) is 29.2 Å². The second kappa shape index (κ2) is 11.0. The van der Waals surface area contributed by atoms with Crippen LogP contribution < -0.4 is 15.4 Å². The predicted octanol–water partition coefficient (Wildman–Crippen LogP) is 3.57. The Morgan fingerprint density at radius 2 is 1.85 bits per heavy atom. The predicted molar refractivity (Wildman–Crippen MR) is 128 cm³/mol. The van der Waals surface area contributed by atoms with Crippen LogP contribution in [0.2, 0.25) is 0 Å². The fourth-order valence-corrected chi connectivity index (χ4v) is 6.53. The maximum absolute atomic E-state index is 12.7. The Balaban J connectivity index is 1.67. The van der Waals surface area contributed by atoms with E-state index in [1.165, 1.54) is 30.6 Å². The van der Waals surface area contributed by atoms with Gasteiger partial charge in [0, 0.05) is 11.3 Å².